The second-order valence-corrected chi connectivity index (χ2v) is 6.99. The van der Waals surface area contributed by atoms with Gasteiger partial charge >= 0.3 is 37.7 Å². The van der Waals surface area contributed by atoms with E-state index in [1.165, 1.54) is 4.70 Å². The summed E-state index contributed by atoms with van der Waals surface area (Å²) in [6.45, 7) is 0. The standard InChI is InChI=1S/C14H9OS.C9H7NO.2Li/c15-12-7-3-2-6-11(12)14-9-10-5-1-4-8-13(10)16-14;11-8-5-1-3-7-4-2-6-10-9(7)8;;/h1-8,15H;1-6,11H;;/q-1;;2*+1/p-1. The van der Waals surface area contributed by atoms with Crippen LogP contribution in [0.2, 0.25) is 0 Å². The summed E-state index contributed by atoms with van der Waals surface area (Å²) in [5.41, 5.74) is 1.42. The van der Waals surface area contributed by atoms with E-state index in [1.807, 2.05) is 54.6 Å². The topological polar surface area (TPSA) is 60.3 Å². The van der Waals surface area contributed by atoms with E-state index >= 15 is 0 Å². The number of rotatable bonds is 1. The Morgan fingerprint density at radius 1 is 0.724 bits per heavy atom. The van der Waals surface area contributed by atoms with Gasteiger partial charge < -0.3 is 10.2 Å². The molecule has 0 fully saturated rings. The third-order valence-corrected chi connectivity index (χ3v) is 5.24. The molecular weight excluding hydrogens is 368 g/mol. The maximum atomic E-state index is 11.7. The van der Waals surface area contributed by atoms with Gasteiger partial charge in [-0.1, -0.05) is 59.0 Å². The van der Waals surface area contributed by atoms with Crippen LogP contribution in [0, 0.1) is 6.07 Å². The second-order valence-electron chi connectivity index (χ2n) is 5.94. The van der Waals surface area contributed by atoms with Crippen LogP contribution in [0.25, 0.3) is 31.4 Å². The summed E-state index contributed by atoms with van der Waals surface area (Å²) in [6, 6.07) is 27.4. The number of benzene rings is 3. The SMILES string of the molecule is [Li+].[Li+].[O-]c1cccc2ccc[nH+]c12.[O-]c1ccccc1-c1[c-]c2ccccc2s1. The molecule has 0 amide bonds. The third kappa shape index (κ3) is 5.25. The molecule has 0 aliphatic rings. The molecule has 0 aliphatic carbocycles. The summed E-state index contributed by atoms with van der Waals surface area (Å²) < 4.78 is 1.17. The number of H-pyrrole nitrogens is 1. The van der Waals surface area contributed by atoms with Crippen LogP contribution in [0.5, 0.6) is 11.5 Å². The van der Waals surface area contributed by atoms with Crippen molar-refractivity contribution in [3.63, 3.8) is 0 Å². The van der Waals surface area contributed by atoms with Crippen molar-refractivity contribution in [1.29, 1.82) is 0 Å². The maximum Gasteiger partial charge on any atom is 1.00 e. The van der Waals surface area contributed by atoms with E-state index in [1.54, 1.807) is 41.8 Å². The average molecular weight is 383 g/mol. The molecule has 0 bridgehead atoms. The number of aromatic amines is 1. The molecule has 1 N–H and O–H groups in total. The zero-order valence-electron chi connectivity index (χ0n) is 16.3. The van der Waals surface area contributed by atoms with Gasteiger partial charge in [0.05, 0.1) is 0 Å². The Hall–Kier alpha value is -2.18. The Kier molecular flexibility index (Phi) is 8.41. The molecule has 6 heteroatoms. The van der Waals surface area contributed by atoms with Crippen LogP contribution in [0.15, 0.2) is 85.1 Å². The van der Waals surface area contributed by atoms with Crippen molar-refractivity contribution in [1.82, 2.24) is 0 Å². The minimum absolute atomic E-state index is 0. The van der Waals surface area contributed by atoms with E-state index < -0.39 is 0 Å². The summed E-state index contributed by atoms with van der Waals surface area (Å²) in [6.07, 6.45) is 1.75. The van der Waals surface area contributed by atoms with E-state index in [0.717, 1.165) is 21.2 Å². The molecule has 0 radical (unpaired) electrons. The number of pyridine rings is 1. The first-order chi connectivity index (χ1) is 13.2. The van der Waals surface area contributed by atoms with Gasteiger partial charge in [0, 0.05) is 11.5 Å². The number of aromatic nitrogens is 1. The molecule has 0 spiro atoms. The zero-order chi connectivity index (χ0) is 18.6. The van der Waals surface area contributed by atoms with E-state index in [0.29, 0.717) is 5.52 Å². The van der Waals surface area contributed by atoms with Crippen molar-refractivity contribution in [2.24, 2.45) is 0 Å². The minimum atomic E-state index is 0. The molecule has 0 aliphatic heterocycles. The van der Waals surface area contributed by atoms with Crippen LogP contribution in [0.4, 0.5) is 0 Å². The number of hydrogen-bond donors (Lipinski definition) is 0. The summed E-state index contributed by atoms with van der Waals surface area (Å²) in [7, 11) is 0. The summed E-state index contributed by atoms with van der Waals surface area (Å²) >= 11 is 1.61. The fourth-order valence-electron chi connectivity index (χ4n) is 2.82. The van der Waals surface area contributed by atoms with E-state index in [-0.39, 0.29) is 49.2 Å². The summed E-state index contributed by atoms with van der Waals surface area (Å²) in [4.78, 5) is 3.83. The fraction of sp³-hybridized carbons (Fsp3) is 0. The Morgan fingerprint density at radius 3 is 2.17 bits per heavy atom. The first-order valence-corrected chi connectivity index (χ1v) is 9.28. The molecule has 3 nitrogen and oxygen atoms in total. The fourth-order valence-corrected chi connectivity index (χ4v) is 3.85. The van der Waals surface area contributed by atoms with Gasteiger partial charge in [-0.2, -0.15) is 0 Å². The molecule has 5 rings (SSSR count). The molecule has 29 heavy (non-hydrogen) atoms. The van der Waals surface area contributed by atoms with E-state index in [9.17, 15) is 10.2 Å². The maximum absolute atomic E-state index is 11.7. The van der Waals surface area contributed by atoms with Crippen LogP contribution in [-0.2, 0) is 0 Å². The van der Waals surface area contributed by atoms with Crippen molar-refractivity contribution in [2.45, 2.75) is 0 Å². The van der Waals surface area contributed by atoms with Crippen molar-refractivity contribution in [3.8, 4) is 21.9 Å². The van der Waals surface area contributed by atoms with Gasteiger partial charge in [0.25, 0.3) is 0 Å². The first-order valence-electron chi connectivity index (χ1n) is 8.46. The van der Waals surface area contributed by atoms with Crippen molar-refractivity contribution < 1.29 is 52.9 Å². The minimum Gasteiger partial charge on any atom is -0.879 e. The second kappa shape index (κ2) is 10.6. The van der Waals surface area contributed by atoms with Gasteiger partial charge in [0.1, 0.15) is 0 Å². The molecule has 5 aromatic rings. The Bertz CT molecular complexity index is 1190. The van der Waals surface area contributed by atoms with Gasteiger partial charge in [-0.3, -0.25) is 0 Å². The van der Waals surface area contributed by atoms with Gasteiger partial charge in [0.15, 0.2) is 6.20 Å². The van der Waals surface area contributed by atoms with Crippen LogP contribution in [-0.4, -0.2) is 0 Å². The molecular formula is C23H15Li2NO2S. The van der Waals surface area contributed by atoms with Crippen LogP contribution >= 0.6 is 11.3 Å². The third-order valence-electron chi connectivity index (χ3n) is 4.14. The van der Waals surface area contributed by atoms with Gasteiger partial charge in [-0.25, -0.2) is 16.3 Å². The molecule has 2 aromatic heterocycles. The number of nitrogens with one attached hydrogen (secondary N) is 1. The van der Waals surface area contributed by atoms with Crippen LogP contribution in [0.3, 0.4) is 0 Å². The van der Waals surface area contributed by atoms with E-state index in [2.05, 4.69) is 11.1 Å². The molecule has 3 aromatic carbocycles. The zero-order valence-corrected chi connectivity index (χ0v) is 17.1. The van der Waals surface area contributed by atoms with E-state index in [4.69, 9.17) is 0 Å². The predicted octanol–water partition coefficient (Wildman–Crippen LogP) is -1.82. The summed E-state index contributed by atoms with van der Waals surface area (Å²) in [5.74, 6) is 0.105. The monoisotopic (exact) mass is 383 g/mol. The molecule has 0 unspecified atom stereocenters. The van der Waals surface area contributed by atoms with Gasteiger partial charge in [0.2, 0.25) is 5.52 Å². The molecule has 0 saturated carbocycles. The molecule has 132 valence electrons. The van der Waals surface area contributed by atoms with Crippen LogP contribution in [0.1, 0.15) is 0 Å². The number of fused-ring (bicyclic) bond motifs is 2. The van der Waals surface area contributed by atoms with Gasteiger partial charge in [-0.15, -0.1) is 29.3 Å². The molecule has 0 atom stereocenters. The van der Waals surface area contributed by atoms with Crippen molar-refractivity contribution in [3.05, 3.63) is 91.1 Å². The normalized spacial score (nSPS) is 9.79. The summed E-state index contributed by atoms with van der Waals surface area (Å²) in [5, 5.41) is 24.9. The average Bonchev–Trinajstić information content (AvgIpc) is 3.13. The van der Waals surface area contributed by atoms with Gasteiger partial charge in [-0.05, 0) is 22.6 Å². The number of thiophene rings is 1. The van der Waals surface area contributed by atoms with Crippen LogP contribution < -0.4 is 52.9 Å². The number of hydrogen-bond acceptors (Lipinski definition) is 3. The molecule has 2 heterocycles. The molecule has 0 saturated heterocycles. The largest absolute Gasteiger partial charge is 1.00 e. The smallest absolute Gasteiger partial charge is 0.879 e. The quantitative estimate of drug-likeness (QED) is 0.253. The Balaban J connectivity index is 0.000000205. The predicted molar refractivity (Wildman–Crippen MR) is 105 cm³/mol. The van der Waals surface area contributed by atoms with Crippen molar-refractivity contribution >= 4 is 32.3 Å². The Morgan fingerprint density at radius 2 is 1.41 bits per heavy atom. The number of para-hydroxylation sites is 2. The first kappa shape index (κ1) is 23.1. The van der Waals surface area contributed by atoms with Crippen molar-refractivity contribution in [2.75, 3.05) is 0 Å². The Labute approximate surface area is 197 Å².